The topological polar surface area (TPSA) is 44.1 Å². The predicted octanol–water partition coefficient (Wildman–Crippen LogP) is 5.31. The van der Waals surface area contributed by atoms with E-state index in [1.165, 1.54) is 5.56 Å². The Morgan fingerprint density at radius 2 is 1.71 bits per heavy atom. The molecule has 3 nitrogen and oxygen atoms in total. The second-order valence-corrected chi connectivity index (χ2v) is 7.61. The van der Waals surface area contributed by atoms with Crippen LogP contribution in [-0.2, 0) is 10.2 Å². The summed E-state index contributed by atoms with van der Waals surface area (Å²) in [6.45, 7) is 2.87. The number of amides is 1. The molecule has 4 rings (SSSR count). The SMILES string of the molecule is CC1(c2ccccc2)CCN(c2cccc(-c3ccccc3C#N)c2)C(=O)C1. The quantitative estimate of drug-likeness (QED) is 0.630. The Balaban J connectivity index is 1.61. The lowest BCUT2D eigenvalue weighted by Gasteiger charge is -2.39. The van der Waals surface area contributed by atoms with Crippen LogP contribution in [0.3, 0.4) is 0 Å². The molecule has 0 radical (unpaired) electrons. The molecule has 0 bridgehead atoms. The first-order valence-electron chi connectivity index (χ1n) is 9.56. The molecule has 3 heteroatoms. The molecule has 28 heavy (non-hydrogen) atoms. The van der Waals surface area contributed by atoms with Crippen molar-refractivity contribution in [2.24, 2.45) is 0 Å². The fourth-order valence-electron chi connectivity index (χ4n) is 4.03. The highest BCUT2D eigenvalue weighted by molar-refractivity contribution is 5.96. The minimum absolute atomic E-state index is 0.125. The van der Waals surface area contributed by atoms with Crippen molar-refractivity contribution in [2.45, 2.75) is 25.2 Å². The molecular formula is C25H22N2O. The predicted molar refractivity (Wildman–Crippen MR) is 112 cm³/mol. The first-order chi connectivity index (χ1) is 13.6. The lowest BCUT2D eigenvalue weighted by Crippen LogP contribution is -2.45. The van der Waals surface area contributed by atoms with Crippen LogP contribution < -0.4 is 4.90 Å². The Morgan fingerprint density at radius 1 is 0.964 bits per heavy atom. The molecule has 0 aliphatic carbocycles. The molecule has 1 saturated heterocycles. The van der Waals surface area contributed by atoms with Gasteiger partial charge in [-0.15, -0.1) is 0 Å². The second kappa shape index (κ2) is 7.32. The summed E-state index contributed by atoms with van der Waals surface area (Å²) in [5.74, 6) is 0.142. The maximum absolute atomic E-state index is 13.0. The van der Waals surface area contributed by atoms with Gasteiger partial charge in [-0.3, -0.25) is 4.79 Å². The number of hydrogen-bond donors (Lipinski definition) is 0. The fourth-order valence-corrected chi connectivity index (χ4v) is 4.03. The molecule has 1 aliphatic heterocycles. The van der Waals surface area contributed by atoms with Gasteiger partial charge in [-0.05, 0) is 41.3 Å². The third kappa shape index (κ3) is 3.30. The summed E-state index contributed by atoms with van der Waals surface area (Å²) in [5.41, 5.74) is 4.48. The second-order valence-electron chi connectivity index (χ2n) is 7.61. The van der Waals surface area contributed by atoms with Crippen LogP contribution in [0.1, 0.15) is 30.9 Å². The van der Waals surface area contributed by atoms with Gasteiger partial charge >= 0.3 is 0 Å². The van der Waals surface area contributed by atoms with Crippen molar-refractivity contribution in [1.82, 2.24) is 0 Å². The highest BCUT2D eigenvalue weighted by atomic mass is 16.2. The van der Waals surface area contributed by atoms with Gasteiger partial charge in [0.15, 0.2) is 0 Å². The van der Waals surface area contributed by atoms with E-state index in [4.69, 9.17) is 0 Å². The lowest BCUT2D eigenvalue weighted by atomic mass is 9.74. The minimum Gasteiger partial charge on any atom is -0.312 e. The molecule has 0 spiro atoms. The van der Waals surface area contributed by atoms with Crippen molar-refractivity contribution in [2.75, 3.05) is 11.4 Å². The highest BCUT2D eigenvalue weighted by Gasteiger charge is 2.37. The smallest absolute Gasteiger partial charge is 0.227 e. The maximum Gasteiger partial charge on any atom is 0.227 e. The number of carbonyl (C=O) groups is 1. The van der Waals surface area contributed by atoms with E-state index in [9.17, 15) is 10.1 Å². The average Bonchev–Trinajstić information content (AvgIpc) is 2.74. The van der Waals surface area contributed by atoms with Gasteiger partial charge in [-0.1, -0.05) is 67.6 Å². The summed E-state index contributed by atoms with van der Waals surface area (Å²) < 4.78 is 0. The number of benzene rings is 3. The standard InChI is InChI=1S/C25H22N2O/c1-25(21-10-3-2-4-11-21)14-15-27(24(28)17-25)22-12-7-9-19(16-22)23-13-6-5-8-20(23)18-26/h2-13,16H,14-15,17H2,1H3. The summed E-state index contributed by atoms with van der Waals surface area (Å²) in [7, 11) is 0. The van der Waals surface area contributed by atoms with E-state index >= 15 is 0 Å². The van der Waals surface area contributed by atoms with Gasteiger partial charge in [0, 0.05) is 24.1 Å². The van der Waals surface area contributed by atoms with Crippen LogP contribution in [0.2, 0.25) is 0 Å². The number of anilines is 1. The zero-order chi connectivity index (χ0) is 19.6. The van der Waals surface area contributed by atoms with Gasteiger partial charge in [-0.25, -0.2) is 0 Å². The molecule has 0 aromatic heterocycles. The Labute approximate surface area is 165 Å². The van der Waals surface area contributed by atoms with Gasteiger partial charge in [0.2, 0.25) is 5.91 Å². The molecular weight excluding hydrogens is 344 g/mol. The Hall–Kier alpha value is -3.38. The molecule has 1 heterocycles. The number of nitriles is 1. The summed E-state index contributed by atoms with van der Waals surface area (Å²) in [5, 5.41) is 9.39. The van der Waals surface area contributed by atoms with Crippen molar-refractivity contribution in [3.8, 4) is 17.2 Å². The minimum atomic E-state index is -0.125. The number of nitrogens with zero attached hydrogens (tertiary/aromatic N) is 2. The molecule has 3 aromatic carbocycles. The van der Waals surface area contributed by atoms with Crippen molar-refractivity contribution in [3.05, 3.63) is 90.0 Å². The van der Waals surface area contributed by atoms with Crippen LogP contribution in [0.4, 0.5) is 5.69 Å². The van der Waals surface area contributed by atoms with E-state index in [1.54, 1.807) is 0 Å². The van der Waals surface area contributed by atoms with E-state index in [0.29, 0.717) is 18.5 Å². The maximum atomic E-state index is 13.0. The van der Waals surface area contributed by atoms with E-state index in [-0.39, 0.29) is 11.3 Å². The highest BCUT2D eigenvalue weighted by Crippen LogP contribution is 2.37. The average molecular weight is 366 g/mol. The van der Waals surface area contributed by atoms with E-state index < -0.39 is 0 Å². The Bertz CT molecular complexity index is 1050. The van der Waals surface area contributed by atoms with Gasteiger partial charge in [0.25, 0.3) is 0 Å². The first kappa shape index (κ1) is 18.0. The van der Waals surface area contributed by atoms with Gasteiger partial charge in [-0.2, -0.15) is 5.26 Å². The van der Waals surface area contributed by atoms with Crippen LogP contribution in [0.15, 0.2) is 78.9 Å². The van der Waals surface area contributed by atoms with E-state index in [1.807, 2.05) is 71.6 Å². The summed E-state index contributed by atoms with van der Waals surface area (Å²) in [6.07, 6.45) is 1.41. The molecule has 0 saturated carbocycles. The molecule has 0 N–H and O–H groups in total. The first-order valence-corrected chi connectivity index (χ1v) is 9.56. The number of hydrogen-bond acceptors (Lipinski definition) is 2. The Morgan fingerprint density at radius 3 is 2.46 bits per heavy atom. The molecule has 1 atom stereocenters. The van der Waals surface area contributed by atoms with Crippen molar-refractivity contribution in [3.63, 3.8) is 0 Å². The van der Waals surface area contributed by atoms with Crippen LogP contribution in [0.25, 0.3) is 11.1 Å². The monoisotopic (exact) mass is 366 g/mol. The van der Waals surface area contributed by atoms with Crippen LogP contribution >= 0.6 is 0 Å². The van der Waals surface area contributed by atoms with Crippen molar-refractivity contribution < 1.29 is 4.79 Å². The number of rotatable bonds is 3. The Kier molecular flexibility index (Phi) is 4.71. The normalized spacial score (nSPS) is 19.3. The largest absolute Gasteiger partial charge is 0.312 e. The zero-order valence-electron chi connectivity index (χ0n) is 15.9. The van der Waals surface area contributed by atoms with Crippen LogP contribution in [0.5, 0.6) is 0 Å². The molecule has 1 fully saturated rings. The zero-order valence-corrected chi connectivity index (χ0v) is 15.9. The molecule has 1 unspecified atom stereocenters. The number of piperidine rings is 1. The summed E-state index contributed by atoms with van der Waals surface area (Å²) >= 11 is 0. The summed E-state index contributed by atoms with van der Waals surface area (Å²) in [6, 6.07) is 28.0. The van der Waals surface area contributed by atoms with Crippen LogP contribution in [0, 0.1) is 11.3 Å². The van der Waals surface area contributed by atoms with Crippen molar-refractivity contribution >= 4 is 11.6 Å². The molecule has 1 amide bonds. The van der Waals surface area contributed by atoms with Gasteiger partial charge in [0.05, 0.1) is 11.6 Å². The third-order valence-electron chi connectivity index (χ3n) is 5.72. The molecule has 138 valence electrons. The van der Waals surface area contributed by atoms with Crippen molar-refractivity contribution in [1.29, 1.82) is 5.26 Å². The number of carbonyl (C=O) groups excluding carboxylic acids is 1. The van der Waals surface area contributed by atoms with Crippen LogP contribution in [-0.4, -0.2) is 12.5 Å². The lowest BCUT2D eigenvalue weighted by molar-refractivity contribution is -0.121. The molecule has 1 aliphatic rings. The summed E-state index contributed by atoms with van der Waals surface area (Å²) in [4.78, 5) is 14.9. The molecule has 3 aromatic rings. The third-order valence-corrected chi connectivity index (χ3v) is 5.72. The fraction of sp³-hybridized carbons (Fsp3) is 0.200. The van der Waals surface area contributed by atoms with Gasteiger partial charge < -0.3 is 4.90 Å². The van der Waals surface area contributed by atoms with E-state index in [0.717, 1.165) is 23.2 Å². The van der Waals surface area contributed by atoms with E-state index in [2.05, 4.69) is 25.1 Å². The van der Waals surface area contributed by atoms with Gasteiger partial charge in [0.1, 0.15) is 0 Å².